The lowest BCUT2D eigenvalue weighted by Gasteiger charge is -2.34. The number of benzene rings is 1. The van der Waals surface area contributed by atoms with Crippen molar-refractivity contribution in [1.82, 2.24) is 20.0 Å². The van der Waals surface area contributed by atoms with Gasteiger partial charge in [0.1, 0.15) is 0 Å². The number of likely N-dealkylation sites (tertiary alicyclic amines) is 1. The second kappa shape index (κ2) is 5.62. The Kier molecular flexibility index (Phi) is 3.49. The van der Waals surface area contributed by atoms with Gasteiger partial charge >= 0.3 is 0 Å². The summed E-state index contributed by atoms with van der Waals surface area (Å²) in [5, 5.41) is 7.90. The highest BCUT2D eigenvalue weighted by Crippen LogP contribution is 2.25. The molecule has 2 aromatic rings. The maximum Gasteiger partial charge on any atom is 0.0645 e. The average Bonchev–Trinajstić information content (AvgIpc) is 3.19. The van der Waals surface area contributed by atoms with Crippen molar-refractivity contribution in [2.75, 3.05) is 19.6 Å². The molecule has 2 atom stereocenters. The van der Waals surface area contributed by atoms with Crippen LogP contribution in [0.1, 0.15) is 18.4 Å². The zero-order chi connectivity index (χ0) is 14.1. The van der Waals surface area contributed by atoms with E-state index in [2.05, 4.69) is 39.6 Å². The van der Waals surface area contributed by atoms with Crippen LogP contribution in [0.4, 0.5) is 0 Å². The number of aromatic nitrogens is 2. The first-order chi connectivity index (χ1) is 10.4. The molecule has 110 valence electrons. The normalized spacial score (nSPS) is 25.9. The van der Waals surface area contributed by atoms with Crippen LogP contribution in [0.5, 0.6) is 0 Å². The summed E-state index contributed by atoms with van der Waals surface area (Å²) in [6, 6.07) is 11.5. The van der Waals surface area contributed by atoms with Gasteiger partial charge in [-0.05, 0) is 55.6 Å². The van der Waals surface area contributed by atoms with E-state index in [1.54, 1.807) is 0 Å². The monoisotopic (exact) mass is 282 g/mol. The highest BCUT2D eigenvalue weighted by molar-refractivity contribution is 5.33. The van der Waals surface area contributed by atoms with E-state index in [9.17, 15) is 0 Å². The van der Waals surface area contributed by atoms with Crippen molar-refractivity contribution in [3.63, 3.8) is 0 Å². The van der Waals surface area contributed by atoms with Gasteiger partial charge in [-0.3, -0.25) is 4.90 Å². The first kappa shape index (κ1) is 13.0. The first-order valence-electron chi connectivity index (χ1n) is 7.93. The standard InChI is InChI=1S/C17H22N4/c1-8-19-21(10-1)16-4-2-14(3-5-16)12-20-11-7-17-15(13-20)6-9-18-17/h1-5,8,10,15,17-18H,6-7,9,11-13H2. The fraction of sp³-hybridized carbons (Fsp3) is 0.471. The van der Waals surface area contributed by atoms with Crippen molar-refractivity contribution in [2.24, 2.45) is 5.92 Å². The minimum atomic E-state index is 0.781. The number of nitrogens with one attached hydrogen (secondary N) is 1. The third-order valence-corrected chi connectivity index (χ3v) is 4.85. The summed E-state index contributed by atoms with van der Waals surface area (Å²) in [6.07, 6.45) is 6.44. The van der Waals surface area contributed by atoms with Gasteiger partial charge in [0.15, 0.2) is 0 Å². The Labute approximate surface area is 125 Å². The molecule has 4 nitrogen and oxygen atoms in total. The summed E-state index contributed by atoms with van der Waals surface area (Å²) in [6.45, 7) is 4.75. The van der Waals surface area contributed by atoms with Crippen molar-refractivity contribution in [3.05, 3.63) is 48.3 Å². The van der Waals surface area contributed by atoms with Gasteiger partial charge in [0.05, 0.1) is 5.69 Å². The summed E-state index contributed by atoms with van der Waals surface area (Å²) in [5.74, 6) is 0.863. The van der Waals surface area contributed by atoms with Crippen molar-refractivity contribution in [2.45, 2.75) is 25.4 Å². The van der Waals surface area contributed by atoms with E-state index in [-0.39, 0.29) is 0 Å². The van der Waals surface area contributed by atoms with Crippen LogP contribution in [0, 0.1) is 5.92 Å². The van der Waals surface area contributed by atoms with Crippen LogP contribution in [0.2, 0.25) is 0 Å². The topological polar surface area (TPSA) is 33.1 Å². The highest BCUT2D eigenvalue weighted by atomic mass is 15.3. The highest BCUT2D eigenvalue weighted by Gasteiger charge is 2.32. The number of nitrogens with zero attached hydrogens (tertiary/aromatic N) is 3. The summed E-state index contributed by atoms with van der Waals surface area (Å²) in [7, 11) is 0. The molecule has 4 heteroatoms. The zero-order valence-corrected chi connectivity index (χ0v) is 12.3. The first-order valence-corrected chi connectivity index (χ1v) is 7.93. The Balaban J connectivity index is 1.41. The van der Waals surface area contributed by atoms with E-state index >= 15 is 0 Å². The van der Waals surface area contributed by atoms with Gasteiger partial charge in [0.2, 0.25) is 0 Å². The second-order valence-corrected chi connectivity index (χ2v) is 6.25. The molecule has 2 aliphatic heterocycles. The predicted octanol–water partition coefficient (Wildman–Crippen LogP) is 2.06. The Morgan fingerprint density at radius 3 is 2.90 bits per heavy atom. The van der Waals surface area contributed by atoms with Gasteiger partial charge in [-0.15, -0.1) is 0 Å². The van der Waals surface area contributed by atoms with E-state index in [0.29, 0.717) is 0 Å². The molecule has 0 aliphatic carbocycles. The Bertz CT molecular complexity index is 575. The van der Waals surface area contributed by atoms with E-state index < -0.39 is 0 Å². The molecule has 1 aromatic carbocycles. The lowest BCUT2D eigenvalue weighted by atomic mass is 9.93. The summed E-state index contributed by atoms with van der Waals surface area (Å²) >= 11 is 0. The zero-order valence-electron chi connectivity index (χ0n) is 12.3. The van der Waals surface area contributed by atoms with E-state index in [4.69, 9.17) is 0 Å². The molecular formula is C17H22N4. The van der Waals surface area contributed by atoms with E-state index in [0.717, 1.165) is 24.2 Å². The van der Waals surface area contributed by atoms with Crippen LogP contribution in [0.15, 0.2) is 42.7 Å². The maximum absolute atomic E-state index is 4.27. The van der Waals surface area contributed by atoms with Crippen LogP contribution in [0.3, 0.4) is 0 Å². The van der Waals surface area contributed by atoms with Crippen LogP contribution >= 0.6 is 0 Å². The molecule has 0 spiro atoms. The summed E-state index contributed by atoms with van der Waals surface area (Å²) in [5.41, 5.74) is 2.53. The van der Waals surface area contributed by atoms with E-state index in [1.165, 1.54) is 38.0 Å². The van der Waals surface area contributed by atoms with Gasteiger partial charge in [-0.25, -0.2) is 4.68 Å². The van der Waals surface area contributed by atoms with Gasteiger partial charge in [0.25, 0.3) is 0 Å². The molecule has 0 bridgehead atoms. The largest absolute Gasteiger partial charge is 0.314 e. The van der Waals surface area contributed by atoms with Crippen molar-refractivity contribution in [1.29, 1.82) is 0 Å². The number of hydrogen-bond acceptors (Lipinski definition) is 3. The number of fused-ring (bicyclic) bond motifs is 1. The van der Waals surface area contributed by atoms with Crippen molar-refractivity contribution >= 4 is 0 Å². The molecule has 0 amide bonds. The fourth-order valence-corrected chi connectivity index (χ4v) is 3.70. The molecule has 2 fully saturated rings. The minimum Gasteiger partial charge on any atom is -0.314 e. The summed E-state index contributed by atoms with van der Waals surface area (Å²) in [4.78, 5) is 2.61. The average molecular weight is 282 g/mol. The molecule has 0 radical (unpaired) electrons. The van der Waals surface area contributed by atoms with Gasteiger partial charge < -0.3 is 5.32 Å². The molecule has 3 heterocycles. The van der Waals surface area contributed by atoms with Crippen LogP contribution in [0.25, 0.3) is 5.69 Å². The van der Waals surface area contributed by atoms with Crippen molar-refractivity contribution in [3.8, 4) is 5.69 Å². The van der Waals surface area contributed by atoms with Gasteiger partial charge in [-0.2, -0.15) is 5.10 Å². The maximum atomic E-state index is 4.27. The van der Waals surface area contributed by atoms with Crippen LogP contribution in [-0.2, 0) is 6.54 Å². The molecular weight excluding hydrogens is 260 g/mol. The SMILES string of the molecule is c1cnn(-c2ccc(CN3CCC4NCCC4C3)cc2)c1. The van der Waals surface area contributed by atoms with Gasteiger partial charge in [-0.1, -0.05) is 12.1 Å². The number of rotatable bonds is 3. The number of piperidine rings is 1. The fourth-order valence-electron chi connectivity index (χ4n) is 3.70. The minimum absolute atomic E-state index is 0.781. The Morgan fingerprint density at radius 2 is 2.10 bits per heavy atom. The second-order valence-electron chi connectivity index (χ2n) is 6.25. The van der Waals surface area contributed by atoms with E-state index in [1.807, 2.05) is 23.1 Å². The third-order valence-electron chi connectivity index (χ3n) is 4.85. The van der Waals surface area contributed by atoms with Crippen molar-refractivity contribution < 1.29 is 0 Å². The Hall–Kier alpha value is -1.65. The number of hydrogen-bond donors (Lipinski definition) is 1. The molecule has 21 heavy (non-hydrogen) atoms. The predicted molar refractivity (Wildman–Crippen MR) is 83.4 cm³/mol. The quantitative estimate of drug-likeness (QED) is 0.935. The molecule has 0 saturated carbocycles. The molecule has 4 rings (SSSR count). The smallest absolute Gasteiger partial charge is 0.0645 e. The van der Waals surface area contributed by atoms with Crippen LogP contribution in [-0.4, -0.2) is 40.4 Å². The molecule has 2 unspecified atom stereocenters. The third kappa shape index (κ3) is 2.74. The lowest BCUT2D eigenvalue weighted by Crippen LogP contribution is -2.43. The lowest BCUT2D eigenvalue weighted by molar-refractivity contribution is 0.156. The molecule has 2 aliphatic rings. The summed E-state index contributed by atoms with van der Waals surface area (Å²) < 4.78 is 1.90. The van der Waals surface area contributed by atoms with Crippen LogP contribution < -0.4 is 5.32 Å². The molecule has 1 aromatic heterocycles. The Morgan fingerprint density at radius 1 is 1.19 bits per heavy atom. The van der Waals surface area contributed by atoms with Gasteiger partial charge in [0, 0.05) is 31.5 Å². The molecule has 1 N–H and O–H groups in total. The molecule has 2 saturated heterocycles.